The SMILES string of the molecule is CN=C(N)c1c(-c2ccc(NC(=O)Nc3cccc(C(F)(F)F)c3)cc2)cc(C2CC2)nc1C. The summed E-state index contributed by atoms with van der Waals surface area (Å²) >= 11 is 0. The van der Waals surface area contributed by atoms with Gasteiger partial charge in [0, 0.05) is 41.3 Å². The Hall–Kier alpha value is -3.88. The zero-order valence-corrected chi connectivity index (χ0v) is 18.7. The minimum Gasteiger partial charge on any atom is -0.383 e. The van der Waals surface area contributed by atoms with Gasteiger partial charge in [-0.05, 0) is 67.3 Å². The number of anilines is 2. The monoisotopic (exact) mass is 467 g/mol. The minimum atomic E-state index is -4.49. The molecule has 0 spiro atoms. The summed E-state index contributed by atoms with van der Waals surface area (Å²) in [5, 5.41) is 5.06. The molecule has 0 saturated heterocycles. The van der Waals surface area contributed by atoms with Crippen LogP contribution in [0.3, 0.4) is 0 Å². The van der Waals surface area contributed by atoms with Gasteiger partial charge in [0.25, 0.3) is 0 Å². The van der Waals surface area contributed by atoms with Gasteiger partial charge < -0.3 is 16.4 Å². The van der Waals surface area contributed by atoms with Crippen molar-refractivity contribution in [3.8, 4) is 11.1 Å². The molecule has 1 heterocycles. The van der Waals surface area contributed by atoms with E-state index in [1.54, 1.807) is 19.2 Å². The van der Waals surface area contributed by atoms with Gasteiger partial charge in [0.05, 0.1) is 5.56 Å². The van der Waals surface area contributed by atoms with Crippen LogP contribution in [0.5, 0.6) is 0 Å². The number of amidine groups is 1. The van der Waals surface area contributed by atoms with Gasteiger partial charge in [0.15, 0.2) is 0 Å². The molecule has 176 valence electrons. The predicted molar refractivity (Wildman–Crippen MR) is 127 cm³/mol. The highest BCUT2D eigenvalue weighted by Crippen LogP contribution is 2.41. The Morgan fingerprint density at radius 3 is 2.35 bits per heavy atom. The van der Waals surface area contributed by atoms with E-state index in [2.05, 4.69) is 15.6 Å². The Bertz CT molecular complexity index is 1250. The van der Waals surface area contributed by atoms with E-state index >= 15 is 0 Å². The summed E-state index contributed by atoms with van der Waals surface area (Å²) in [6, 6.07) is 13.0. The minimum absolute atomic E-state index is 0.0442. The van der Waals surface area contributed by atoms with E-state index in [1.165, 1.54) is 12.1 Å². The quantitative estimate of drug-likeness (QED) is 0.321. The van der Waals surface area contributed by atoms with Crippen LogP contribution in [-0.4, -0.2) is 23.9 Å². The van der Waals surface area contributed by atoms with Crippen LogP contribution in [0.4, 0.5) is 29.3 Å². The van der Waals surface area contributed by atoms with Crippen molar-refractivity contribution in [2.24, 2.45) is 10.7 Å². The number of aromatic nitrogens is 1. The molecule has 6 nitrogen and oxygen atoms in total. The lowest BCUT2D eigenvalue weighted by Gasteiger charge is -2.15. The Morgan fingerprint density at radius 2 is 1.74 bits per heavy atom. The second-order valence-electron chi connectivity index (χ2n) is 8.17. The molecule has 0 aliphatic heterocycles. The van der Waals surface area contributed by atoms with Crippen molar-refractivity contribution in [2.45, 2.75) is 31.9 Å². The molecule has 9 heteroatoms. The number of urea groups is 1. The number of benzene rings is 2. The number of nitrogens with two attached hydrogens (primary N) is 1. The maximum absolute atomic E-state index is 12.9. The molecule has 2 aromatic carbocycles. The molecule has 1 aliphatic carbocycles. The largest absolute Gasteiger partial charge is 0.416 e. The Labute approximate surface area is 195 Å². The van der Waals surface area contributed by atoms with E-state index in [4.69, 9.17) is 10.7 Å². The fourth-order valence-electron chi connectivity index (χ4n) is 3.75. The highest BCUT2D eigenvalue weighted by Gasteiger charge is 2.30. The van der Waals surface area contributed by atoms with Crippen LogP contribution in [0.2, 0.25) is 0 Å². The maximum Gasteiger partial charge on any atom is 0.416 e. The number of nitrogens with one attached hydrogen (secondary N) is 2. The molecule has 4 N–H and O–H groups in total. The van der Waals surface area contributed by atoms with Crippen molar-refractivity contribution in [2.75, 3.05) is 17.7 Å². The average molecular weight is 467 g/mol. The number of carbonyl (C=O) groups is 1. The molecule has 0 atom stereocenters. The summed E-state index contributed by atoms with van der Waals surface area (Å²) in [4.78, 5) is 21.2. The second kappa shape index (κ2) is 9.17. The van der Waals surface area contributed by atoms with Crippen molar-refractivity contribution in [3.05, 3.63) is 77.1 Å². The normalized spacial score (nSPS) is 14.1. The van der Waals surface area contributed by atoms with Gasteiger partial charge in [-0.1, -0.05) is 18.2 Å². The molecule has 1 aromatic heterocycles. The van der Waals surface area contributed by atoms with E-state index in [-0.39, 0.29) is 5.69 Å². The van der Waals surface area contributed by atoms with Gasteiger partial charge in [-0.15, -0.1) is 0 Å². The number of hydrogen-bond donors (Lipinski definition) is 3. The number of amides is 2. The molecule has 1 fully saturated rings. The standard InChI is InChI=1S/C25H24F3N5O/c1-14-22(23(29)30-2)20(13-21(31-14)16-6-7-16)15-8-10-18(11-9-15)32-24(34)33-19-5-3-4-17(12-19)25(26,27)28/h3-5,8-13,16H,6-7H2,1-2H3,(H2,29,30)(H2,32,33,34). The van der Waals surface area contributed by atoms with Gasteiger partial charge >= 0.3 is 12.2 Å². The first-order chi connectivity index (χ1) is 16.2. The van der Waals surface area contributed by atoms with Crippen molar-refractivity contribution in [3.63, 3.8) is 0 Å². The molecule has 3 aromatic rings. The lowest BCUT2D eigenvalue weighted by Crippen LogP contribution is -2.20. The van der Waals surface area contributed by atoms with E-state index in [9.17, 15) is 18.0 Å². The average Bonchev–Trinajstić information content (AvgIpc) is 3.64. The number of rotatable bonds is 5. The van der Waals surface area contributed by atoms with Crippen LogP contribution in [0.25, 0.3) is 11.1 Å². The molecule has 0 unspecified atom stereocenters. The Balaban J connectivity index is 1.53. The number of aliphatic imine (C=N–C) groups is 1. The molecule has 4 rings (SSSR count). The highest BCUT2D eigenvalue weighted by molar-refractivity contribution is 6.04. The lowest BCUT2D eigenvalue weighted by atomic mass is 9.96. The van der Waals surface area contributed by atoms with Crippen LogP contribution in [0, 0.1) is 6.92 Å². The summed E-state index contributed by atoms with van der Waals surface area (Å²) in [7, 11) is 1.63. The van der Waals surface area contributed by atoms with Gasteiger partial charge in [-0.3, -0.25) is 9.98 Å². The Morgan fingerprint density at radius 1 is 1.06 bits per heavy atom. The van der Waals surface area contributed by atoms with Crippen LogP contribution >= 0.6 is 0 Å². The van der Waals surface area contributed by atoms with E-state index in [0.717, 1.165) is 53.1 Å². The molecule has 1 saturated carbocycles. The van der Waals surface area contributed by atoms with Crippen molar-refractivity contribution in [1.82, 2.24) is 4.98 Å². The summed E-state index contributed by atoms with van der Waals surface area (Å²) in [6.45, 7) is 1.91. The van der Waals surface area contributed by atoms with E-state index < -0.39 is 17.8 Å². The first-order valence-corrected chi connectivity index (χ1v) is 10.8. The third kappa shape index (κ3) is 5.19. The fraction of sp³-hybridized carbons (Fsp3) is 0.240. The predicted octanol–water partition coefficient (Wildman–Crippen LogP) is 5.93. The first-order valence-electron chi connectivity index (χ1n) is 10.8. The zero-order chi connectivity index (χ0) is 24.5. The summed E-state index contributed by atoms with van der Waals surface area (Å²) in [5.74, 6) is 0.858. The third-order valence-electron chi connectivity index (χ3n) is 5.61. The van der Waals surface area contributed by atoms with Gasteiger partial charge in [-0.25, -0.2) is 4.79 Å². The van der Waals surface area contributed by atoms with Crippen LogP contribution in [0.1, 0.15) is 41.3 Å². The molecular weight excluding hydrogens is 443 g/mol. The molecule has 1 aliphatic rings. The van der Waals surface area contributed by atoms with Crippen LogP contribution in [0.15, 0.2) is 59.6 Å². The number of nitrogens with zero attached hydrogens (tertiary/aromatic N) is 2. The lowest BCUT2D eigenvalue weighted by molar-refractivity contribution is -0.137. The number of halogens is 3. The number of hydrogen-bond acceptors (Lipinski definition) is 3. The maximum atomic E-state index is 12.9. The second-order valence-corrected chi connectivity index (χ2v) is 8.17. The zero-order valence-electron chi connectivity index (χ0n) is 18.7. The topological polar surface area (TPSA) is 92.4 Å². The third-order valence-corrected chi connectivity index (χ3v) is 5.61. The summed E-state index contributed by atoms with van der Waals surface area (Å²) in [5.41, 5.74) is 10.3. The van der Waals surface area contributed by atoms with Gasteiger partial charge in [0.1, 0.15) is 5.84 Å². The van der Waals surface area contributed by atoms with Gasteiger partial charge in [-0.2, -0.15) is 13.2 Å². The number of alkyl halides is 3. The van der Waals surface area contributed by atoms with Crippen LogP contribution < -0.4 is 16.4 Å². The molecule has 0 bridgehead atoms. The number of carbonyl (C=O) groups excluding carboxylic acids is 1. The molecule has 2 amide bonds. The molecule has 0 radical (unpaired) electrons. The summed E-state index contributed by atoms with van der Waals surface area (Å²) in [6.07, 6.45) is -2.25. The number of pyridine rings is 1. The van der Waals surface area contributed by atoms with Crippen molar-refractivity contribution in [1.29, 1.82) is 0 Å². The first kappa shape index (κ1) is 23.3. The van der Waals surface area contributed by atoms with Gasteiger partial charge in [0.2, 0.25) is 0 Å². The highest BCUT2D eigenvalue weighted by atomic mass is 19.4. The summed E-state index contributed by atoms with van der Waals surface area (Å²) < 4.78 is 38.6. The van der Waals surface area contributed by atoms with E-state index in [1.807, 2.05) is 25.1 Å². The molecule has 34 heavy (non-hydrogen) atoms. The van der Waals surface area contributed by atoms with Crippen molar-refractivity contribution < 1.29 is 18.0 Å². The molecular formula is C25H24F3N5O. The Kier molecular flexibility index (Phi) is 6.28. The van der Waals surface area contributed by atoms with E-state index in [0.29, 0.717) is 17.4 Å². The number of aryl methyl sites for hydroxylation is 1. The fourth-order valence-corrected chi connectivity index (χ4v) is 3.75. The van der Waals surface area contributed by atoms with Crippen molar-refractivity contribution >= 4 is 23.2 Å². The van der Waals surface area contributed by atoms with Crippen LogP contribution in [-0.2, 0) is 6.18 Å². The smallest absolute Gasteiger partial charge is 0.383 e.